The minimum absolute atomic E-state index is 0.167. The highest BCUT2D eigenvalue weighted by Crippen LogP contribution is 2.23. The Morgan fingerprint density at radius 1 is 1.21 bits per heavy atom. The van der Waals surface area contributed by atoms with Gasteiger partial charge in [0.2, 0.25) is 0 Å². The summed E-state index contributed by atoms with van der Waals surface area (Å²) in [4.78, 5) is 41.2. The van der Waals surface area contributed by atoms with Gasteiger partial charge in [-0.15, -0.1) is 0 Å². The average Bonchev–Trinajstić information content (AvgIpc) is 2.89. The molecule has 1 N–H and O–H groups in total. The Morgan fingerprint density at radius 2 is 1.89 bits per heavy atom. The number of urea groups is 1. The van der Waals surface area contributed by atoms with E-state index in [9.17, 15) is 18.8 Å². The molecule has 3 rings (SSSR count). The van der Waals surface area contributed by atoms with E-state index in [2.05, 4.69) is 5.32 Å². The molecule has 2 aliphatic heterocycles. The lowest BCUT2D eigenvalue weighted by Gasteiger charge is -2.37. The molecule has 0 saturated carbocycles. The Morgan fingerprint density at radius 3 is 2.46 bits per heavy atom. The second-order valence-electron chi connectivity index (χ2n) is 7.87. The summed E-state index contributed by atoms with van der Waals surface area (Å²) in [6, 6.07) is 3.75. The largest absolute Gasteiger partial charge is 0.367 e. The number of ketones is 1. The maximum atomic E-state index is 14.4. The number of rotatable bonds is 6. The number of Topliss-reactive ketones (excluding diaryl/α,β-unsaturated/α-hetero) is 1. The van der Waals surface area contributed by atoms with Crippen molar-refractivity contribution in [2.45, 2.75) is 33.2 Å². The number of nitrogens with zero attached hydrogens (tertiary/aromatic N) is 3. The van der Waals surface area contributed by atoms with Crippen molar-refractivity contribution in [2.24, 2.45) is 5.92 Å². The second kappa shape index (κ2) is 8.26. The molecule has 2 heterocycles. The Bertz CT molecular complexity index is 775. The highest BCUT2D eigenvalue weighted by Gasteiger charge is 2.39. The molecule has 1 aromatic carbocycles. The van der Waals surface area contributed by atoms with Crippen LogP contribution < -0.4 is 10.2 Å². The summed E-state index contributed by atoms with van der Waals surface area (Å²) in [5.41, 5.74) is 0.825. The number of carbonyl (C=O) groups excluding carboxylic acids is 3. The van der Waals surface area contributed by atoms with Crippen molar-refractivity contribution in [3.05, 3.63) is 29.6 Å². The van der Waals surface area contributed by atoms with Crippen LogP contribution in [0.3, 0.4) is 0 Å². The molecule has 152 valence electrons. The normalized spacial score (nSPS) is 20.8. The lowest BCUT2D eigenvalue weighted by molar-refractivity contribution is -0.129. The molecular formula is C20H27FN4O3. The van der Waals surface area contributed by atoms with E-state index >= 15 is 0 Å². The van der Waals surface area contributed by atoms with Crippen LogP contribution in [0.5, 0.6) is 0 Å². The van der Waals surface area contributed by atoms with Crippen LogP contribution in [0.2, 0.25) is 0 Å². The molecule has 0 bridgehead atoms. The Balaban J connectivity index is 1.57. The predicted molar refractivity (Wildman–Crippen MR) is 104 cm³/mol. The third-order valence-corrected chi connectivity index (χ3v) is 5.22. The van der Waals surface area contributed by atoms with Crippen molar-refractivity contribution in [2.75, 3.05) is 37.7 Å². The Hall–Kier alpha value is -2.48. The second-order valence-corrected chi connectivity index (χ2v) is 7.87. The van der Waals surface area contributed by atoms with Crippen LogP contribution in [0.15, 0.2) is 18.2 Å². The molecule has 8 heteroatoms. The molecule has 28 heavy (non-hydrogen) atoms. The quantitative estimate of drug-likeness (QED) is 0.595. The summed E-state index contributed by atoms with van der Waals surface area (Å²) in [6.45, 7) is 8.07. The van der Waals surface area contributed by atoms with Gasteiger partial charge in [0.1, 0.15) is 11.9 Å². The van der Waals surface area contributed by atoms with E-state index < -0.39 is 11.9 Å². The van der Waals surface area contributed by atoms with Gasteiger partial charge in [0.25, 0.3) is 5.91 Å². The van der Waals surface area contributed by atoms with E-state index in [1.165, 1.54) is 17.9 Å². The minimum Gasteiger partial charge on any atom is -0.367 e. The van der Waals surface area contributed by atoms with E-state index in [1.807, 2.05) is 23.6 Å². The smallest absolute Gasteiger partial charge is 0.325 e. The van der Waals surface area contributed by atoms with Crippen LogP contribution in [-0.4, -0.2) is 66.4 Å². The number of hydrogen-bond donors (Lipinski definition) is 1. The number of nitrogens with one attached hydrogen (secondary N) is 1. The van der Waals surface area contributed by atoms with Gasteiger partial charge in [-0.1, -0.05) is 13.8 Å². The molecule has 7 nitrogen and oxygen atoms in total. The van der Waals surface area contributed by atoms with Crippen molar-refractivity contribution in [1.82, 2.24) is 15.1 Å². The standard InChI is InChI=1S/C20H27FN4O3/c1-13(2)10-17-19(27)25(20(28)22-17)12-23-6-8-24(9-7-23)18-5-4-15(14(3)26)11-16(18)21/h4-5,11,13,17H,6-10,12H2,1-3H3,(H,22,28)/t17-/m0/s1. The van der Waals surface area contributed by atoms with Crippen LogP contribution >= 0.6 is 0 Å². The Kier molecular flexibility index (Phi) is 5.98. The van der Waals surface area contributed by atoms with Gasteiger partial charge in [0, 0.05) is 31.7 Å². The maximum Gasteiger partial charge on any atom is 0.325 e. The third kappa shape index (κ3) is 4.32. The number of piperazine rings is 1. The lowest BCUT2D eigenvalue weighted by atomic mass is 10.0. The summed E-state index contributed by atoms with van der Waals surface area (Å²) in [5, 5.41) is 2.75. The highest BCUT2D eigenvalue weighted by molar-refractivity contribution is 6.04. The fourth-order valence-electron chi connectivity index (χ4n) is 3.65. The van der Waals surface area contributed by atoms with Gasteiger partial charge in [0.05, 0.1) is 12.4 Å². The lowest BCUT2D eigenvalue weighted by Crippen LogP contribution is -2.51. The first kappa shape index (κ1) is 20.3. The van der Waals surface area contributed by atoms with Gasteiger partial charge in [-0.25, -0.2) is 14.1 Å². The van der Waals surface area contributed by atoms with Crippen molar-refractivity contribution in [1.29, 1.82) is 0 Å². The van der Waals surface area contributed by atoms with Crippen molar-refractivity contribution >= 4 is 23.4 Å². The van der Waals surface area contributed by atoms with Crippen LogP contribution in [0.25, 0.3) is 0 Å². The van der Waals surface area contributed by atoms with Gasteiger partial charge >= 0.3 is 6.03 Å². The number of anilines is 1. The predicted octanol–water partition coefficient (Wildman–Crippen LogP) is 2.07. The first-order valence-corrected chi connectivity index (χ1v) is 9.66. The van der Waals surface area contributed by atoms with Crippen LogP contribution in [0, 0.1) is 11.7 Å². The van der Waals surface area contributed by atoms with Gasteiger partial charge in [-0.2, -0.15) is 0 Å². The summed E-state index contributed by atoms with van der Waals surface area (Å²) in [6.07, 6.45) is 0.629. The number of benzene rings is 1. The van der Waals surface area contributed by atoms with Crippen LogP contribution in [-0.2, 0) is 4.79 Å². The van der Waals surface area contributed by atoms with Crippen molar-refractivity contribution in [3.8, 4) is 0 Å². The first-order valence-electron chi connectivity index (χ1n) is 9.66. The molecule has 1 aromatic rings. The van der Waals surface area contributed by atoms with Gasteiger partial charge in [-0.05, 0) is 37.5 Å². The monoisotopic (exact) mass is 390 g/mol. The van der Waals surface area contributed by atoms with E-state index in [0.29, 0.717) is 49.8 Å². The van der Waals surface area contributed by atoms with Crippen LogP contribution in [0.4, 0.5) is 14.9 Å². The fraction of sp³-hybridized carbons (Fsp3) is 0.550. The molecule has 3 amide bonds. The first-order chi connectivity index (χ1) is 13.3. The summed E-state index contributed by atoms with van der Waals surface area (Å²) >= 11 is 0. The molecule has 0 aliphatic carbocycles. The van der Waals surface area contributed by atoms with E-state index in [4.69, 9.17) is 0 Å². The maximum absolute atomic E-state index is 14.4. The van der Waals surface area contributed by atoms with E-state index in [-0.39, 0.29) is 24.4 Å². The zero-order valence-corrected chi connectivity index (χ0v) is 16.6. The van der Waals surface area contributed by atoms with Crippen molar-refractivity contribution < 1.29 is 18.8 Å². The molecule has 0 aromatic heterocycles. The summed E-state index contributed by atoms with van der Waals surface area (Å²) < 4.78 is 14.4. The van der Waals surface area contributed by atoms with Gasteiger partial charge in [0.15, 0.2) is 5.78 Å². The number of imide groups is 1. The summed E-state index contributed by atoms with van der Waals surface area (Å²) in [7, 11) is 0. The molecule has 0 spiro atoms. The molecule has 0 radical (unpaired) electrons. The molecule has 2 saturated heterocycles. The fourth-order valence-corrected chi connectivity index (χ4v) is 3.65. The zero-order chi connectivity index (χ0) is 20.4. The average molecular weight is 390 g/mol. The Labute approximate surface area is 164 Å². The SMILES string of the molecule is CC(=O)c1ccc(N2CCN(CN3C(=O)N[C@@H](CC(C)C)C3=O)CC2)c(F)c1. The topological polar surface area (TPSA) is 73.0 Å². The van der Waals surface area contributed by atoms with Gasteiger partial charge in [-0.3, -0.25) is 14.5 Å². The van der Waals surface area contributed by atoms with Gasteiger partial charge < -0.3 is 10.2 Å². The minimum atomic E-state index is -0.442. The number of halogens is 1. The highest BCUT2D eigenvalue weighted by atomic mass is 19.1. The molecular weight excluding hydrogens is 363 g/mol. The third-order valence-electron chi connectivity index (χ3n) is 5.22. The molecule has 1 atom stereocenters. The number of amides is 3. The van der Waals surface area contributed by atoms with Crippen LogP contribution in [0.1, 0.15) is 37.6 Å². The summed E-state index contributed by atoms with van der Waals surface area (Å²) in [5.74, 6) is -0.430. The van der Waals surface area contributed by atoms with Crippen molar-refractivity contribution in [3.63, 3.8) is 0 Å². The number of hydrogen-bond acceptors (Lipinski definition) is 5. The molecule has 0 unspecified atom stereocenters. The van der Waals surface area contributed by atoms with E-state index in [1.54, 1.807) is 12.1 Å². The molecule has 2 fully saturated rings. The zero-order valence-electron chi connectivity index (χ0n) is 16.6. The van der Waals surface area contributed by atoms with E-state index in [0.717, 1.165) is 0 Å². The number of carbonyl (C=O) groups is 3. The molecule has 2 aliphatic rings.